The Bertz CT molecular complexity index is 355. The first-order valence-corrected chi connectivity index (χ1v) is 6.42. The summed E-state index contributed by atoms with van der Waals surface area (Å²) in [6, 6.07) is 7.51. The second kappa shape index (κ2) is 6.85. The molecule has 0 heterocycles. The summed E-state index contributed by atoms with van der Waals surface area (Å²) in [6.07, 6.45) is 1.43. The van der Waals surface area contributed by atoms with Gasteiger partial charge in [-0.25, -0.2) is 0 Å². The quantitative estimate of drug-likeness (QED) is 0.812. The van der Waals surface area contributed by atoms with Gasteiger partial charge in [-0.1, -0.05) is 13.0 Å². The Labute approximate surface area is 109 Å². The zero-order chi connectivity index (χ0) is 12.0. The van der Waals surface area contributed by atoms with Crippen LogP contribution < -0.4 is 5.32 Å². The van der Waals surface area contributed by atoms with Gasteiger partial charge in [-0.05, 0) is 53.6 Å². The van der Waals surface area contributed by atoms with E-state index in [0.717, 1.165) is 9.99 Å². The molecule has 0 bridgehead atoms. The molecule has 2 N–H and O–H groups in total. The zero-order valence-corrected chi connectivity index (χ0v) is 11.4. The van der Waals surface area contributed by atoms with Crippen LogP contribution in [0.15, 0.2) is 24.3 Å². The highest BCUT2D eigenvalue weighted by atomic mass is 127. The number of hydrogen-bond donors (Lipinski definition) is 2. The van der Waals surface area contributed by atoms with Gasteiger partial charge in [-0.2, -0.15) is 0 Å². The van der Waals surface area contributed by atoms with Crippen LogP contribution in [0, 0.1) is 3.57 Å². The normalized spacial score (nSPS) is 12.2. The van der Waals surface area contributed by atoms with E-state index in [1.165, 1.54) is 0 Å². The van der Waals surface area contributed by atoms with Gasteiger partial charge in [0, 0.05) is 21.8 Å². The molecule has 0 aliphatic rings. The summed E-state index contributed by atoms with van der Waals surface area (Å²) in [4.78, 5) is 11.8. The van der Waals surface area contributed by atoms with Crippen LogP contribution in [0.25, 0.3) is 0 Å². The maximum Gasteiger partial charge on any atom is 0.251 e. The number of nitrogens with one attached hydrogen (secondary N) is 1. The Morgan fingerprint density at radius 1 is 1.56 bits per heavy atom. The summed E-state index contributed by atoms with van der Waals surface area (Å²) in [5, 5.41) is 11.8. The minimum Gasteiger partial charge on any atom is -0.396 e. The maximum absolute atomic E-state index is 11.8. The summed E-state index contributed by atoms with van der Waals surface area (Å²) >= 11 is 2.18. The molecular weight excluding hydrogens is 317 g/mol. The fourth-order valence-electron chi connectivity index (χ4n) is 1.43. The van der Waals surface area contributed by atoms with Crippen molar-refractivity contribution in [2.24, 2.45) is 0 Å². The third-order valence-electron chi connectivity index (χ3n) is 2.39. The van der Waals surface area contributed by atoms with Gasteiger partial charge in [0.15, 0.2) is 0 Å². The highest BCUT2D eigenvalue weighted by Gasteiger charge is 2.11. The molecule has 1 amide bonds. The lowest BCUT2D eigenvalue weighted by molar-refractivity contribution is 0.0929. The predicted octanol–water partition coefficient (Wildman–Crippen LogP) is 2.18. The van der Waals surface area contributed by atoms with Gasteiger partial charge < -0.3 is 10.4 Å². The van der Waals surface area contributed by atoms with E-state index in [4.69, 9.17) is 5.11 Å². The lowest BCUT2D eigenvalue weighted by Crippen LogP contribution is -2.35. The molecule has 0 spiro atoms. The van der Waals surface area contributed by atoms with Crippen LogP contribution in [-0.4, -0.2) is 23.7 Å². The van der Waals surface area contributed by atoms with Gasteiger partial charge in [0.2, 0.25) is 0 Å². The maximum atomic E-state index is 11.8. The molecule has 0 aromatic heterocycles. The zero-order valence-electron chi connectivity index (χ0n) is 9.24. The number of hydrogen-bond acceptors (Lipinski definition) is 2. The fraction of sp³-hybridized carbons (Fsp3) is 0.417. The van der Waals surface area contributed by atoms with Gasteiger partial charge in [0.05, 0.1) is 0 Å². The molecule has 0 saturated carbocycles. The number of aliphatic hydroxyl groups is 1. The Morgan fingerprint density at radius 2 is 2.31 bits per heavy atom. The van der Waals surface area contributed by atoms with E-state index in [1.807, 2.05) is 25.1 Å². The summed E-state index contributed by atoms with van der Waals surface area (Å²) in [5.41, 5.74) is 0.670. The number of aliphatic hydroxyl groups excluding tert-OH is 1. The van der Waals surface area contributed by atoms with E-state index in [2.05, 4.69) is 27.9 Å². The lowest BCUT2D eigenvalue weighted by atomic mass is 10.1. The van der Waals surface area contributed by atoms with Crippen molar-refractivity contribution in [2.45, 2.75) is 25.8 Å². The number of halogens is 1. The van der Waals surface area contributed by atoms with Crippen molar-refractivity contribution in [1.82, 2.24) is 5.32 Å². The van der Waals surface area contributed by atoms with E-state index in [1.54, 1.807) is 6.07 Å². The fourth-order valence-corrected chi connectivity index (χ4v) is 1.98. The number of amides is 1. The van der Waals surface area contributed by atoms with Gasteiger partial charge in [0.1, 0.15) is 0 Å². The Kier molecular flexibility index (Phi) is 5.76. The highest BCUT2D eigenvalue weighted by molar-refractivity contribution is 14.1. The molecule has 1 atom stereocenters. The third-order valence-corrected chi connectivity index (χ3v) is 3.06. The number of benzene rings is 1. The average molecular weight is 333 g/mol. The third kappa shape index (κ3) is 4.09. The minimum atomic E-state index is -0.0705. The molecule has 1 aromatic carbocycles. The van der Waals surface area contributed by atoms with E-state index >= 15 is 0 Å². The van der Waals surface area contributed by atoms with Crippen LogP contribution in [0.5, 0.6) is 0 Å². The number of rotatable bonds is 5. The molecule has 1 aromatic rings. The van der Waals surface area contributed by atoms with Crippen molar-refractivity contribution >= 4 is 28.5 Å². The van der Waals surface area contributed by atoms with Crippen LogP contribution >= 0.6 is 22.6 Å². The van der Waals surface area contributed by atoms with Crippen molar-refractivity contribution in [3.63, 3.8) is 0 Å². The molecular formula is C12H16INO2. The van der Waals surface area contributed by atoms with Crippen LogP contribution in [0.3, 0.4) is 0 Å². The van der Waals surface area contributed by atoms with Crippen LogP contribution in [0.2, 0.25) is 0 Å². The molecule has 1 unspecified atom stereocenters. The van der Waals surface area contributed by atoms with E-state index < -0.39 is 0 Å². The minimum absolute atomic E-state index is 0.0513. The molecule has 88 valence electrons. The SMILES string of the molecule is CCC(CCO)NC(=O)c1cccc(I)c1. The van der Waals surface area contributed by atoms with E-state index in [0.29, 0.717) is 12.0 Å². The Hall–Kier alpha value is -0.620. The number of carbonyl (C=O) groups is 1. The molecule has 4 heteroatoms. The average Bonchev–Trinajstić information content (AvgIpc) is 2.28. The molecule has 0 radical (unpaired) electrons. The lowest BCUT2D eigenvalue weighted by Gasteiger charge is -2.15. The first-order valence-electron chi connectivity index (χ1n) is 5.34. The molecule has 0 aliphatic carbocycles. The first kappa shape index (κ1) is 13.4. The molecule has 0 aliphatic heterocycles. The van der Waals surface area contributed by atoms with Crippen molar-refractivity contribution in [3.8, 4) is 0 Å². The van der Waals surface area contributed by atoms with Gasteiger partial charge in [-0.15, -0.1) is 0 Å². The monoisotopic (exact) mass is 333 g/mol. The Balaban J connectivity index is 2.64. The van der Waals surface area contributed by atoms with Crippen LogP contribution in [0.1, 0.15) is 30.1 Å². The standard InChI is InChI=1S/C12H16INO2/c1-2-11(6-7-15)14-12(16)9-4-3-5-10(13)8-9/h3-5,8,11,15H,2,6-7H2,1H3,(H,14,16). The summed E-state index contributed by atoms with van der Waals surface area (Å²) in [5.74, 6) is -0.0705. The van der Waals surface area contributed by atoms with Crippen LogP contribution in [-0.2, 0) is 0 Å². The van der Waals surface area contributed by atoms with E-state index in [-0.39, 0.29) is 18.6 Å². The molecule has 0 fully saturated rings. The van der Waals surface area contributed by atoms with E-state index in [9.17, 15) is 4.79 Å². The topological polar surface area (TPSA) is 49.3 Å². The van der Waals surface area contributed by atoms with Gasteiger partial charge in [-0.3, -0.25) is 4.79 Å². The van der Waals surface area contributed by atoms with Crippen molar-refractivity contribution in [1.29, 1.82) is 0 Å². The predicted molar refractivity (Wildman–Crippen MR) is 72.4 cm³/mol. The molecule has 1 rings (SSSR count). The summed E-state index contributed by atoms with van der Waals surface area (Å²) in [6.45, 7) is 2.10. The Morgan fingerprint density at radius 3 is 2.88 bits per heavy atom. The van der Waals surface area contributed by atoms with Gasteiger partial charge in [0.25, 0.3) is 5.91 Å². The van der Waals surface area contributed by atoms with Crippen molar-refractivity contribution < 1.29 is 9.90 Å². The second-order valence-electron chi connectivity index (χ2n) is 3.60. The summed E-state index contributed by atoms with van der Waals surface area (Å²) in [7, 11) is 0. The van der Waals surface area contributed by atoms with Crippen LogP contribution in [0.4, 0.5) is 0 Å². The largest absolute Gasteiger partial charge is 0.396 e. The number of carbonyl (C=O) groups excluding carboxylic acids is 1. The van der Waals surface area contributed by atoms with Crippen molar-refractivity contribution in [3.05, 3.63) is 33.4 Å². The first-order chi connectivity index (χ1) is 7.67. The molecule has 3 nitrogen and oxygen atoms in total. The smallest absolute Gasteiger partial charge is 0.251 e. The van der Waals surface area contributed by atoms with Crippen molar-refractivity contribution in [2.75, 3.05) is 6.61 Å². The highest BCUT2D eigenvalue weighted by Crippen LogP contribution is 2.08. The molecule has 0 saturated heterocycles. The second-order valence-corrected chi connectivity index (χ2v) is 4.85. The van der Waals surface area contributed by atoms with Gasteiger partial charge >= 0.3 is 0 Å². The molecule has 16 heavy (non-hydrogen) atoms. The summed E-state index contributed by atoms with van der Waals surface area (Å²) < 4.78 is 1.04.